The minimum Gasteiger partial charge on any atom is -0.322 e. The van der Waals surface area contributed by atoms with Gasteiger partial charge >= 0.3 is 6.18 Å². The molecule has 0 unspecified atom stereocenters. The fraction of sp³-hybridized carbons (Fsp3) is 0.200. The van der Waals surface area contributed by atoms with Crippen molar-refractivity contribution in [3.63, 3.8) is 0 Å². The number of carbonyl (C=O) groups excluding carboxylic acids is 2. The minimum absolute atomic E-state index is 0.0162. The molecule has 3 rings (SSSR count). The summed E-state index contributed by atoms with van der Waals surface area (Å²) in [5.41, 5.74) is 0.326. The van der Waals surface area contributed by atoms with Gasteiger partial charge in [0.05, 0.1) is 22.0 Å². The van der Waals surface area contributed by atoms with Crippen LogP contribution in [0, 0.1) is 13.8 Å². The van der Waals surface area contributed by atoms with Crippen molar-refractivity contribution in [1.82, 2.24) is 14.8 Å². The Labute approximate surface area is 180 Å². The lowest BCUT2D eigenvalue weighted by Crippen LogP contribution is -2.17. The number of halogens is 4. The molecule has 2 heterocycles. The number of aryl methyl sites for hydroxylation is 3. The molecule has 1 aromatic carbocycles. The molecule has 0 spiro atoms. The summed E-state index contributed by atoms with van der Waals surface area (Å²) in [4.78, 5) is 28.4. The quantitative estimate of drug-likeness (QED) is 0.606. The summed E-state index contributed by atoms with van der Waals surface area (Å²) in [7, 11) is 1.70. The van der Waals surface area contributed by atoms with E-state index in [1.54, 1.807) is 24.7 Å². The van der Waals surface area contributed by atoms with E-state index >= 15 is 0 Å². The number of alkyl halides is 3. The summed E-state index contributed by atoms with van der Waals surface area (Å²) >= 11 is 6.13. The molecule has 0 atom stereocenters. The highest BCUT2D eigenvalue weighted by molar-refractivity contribution is 6.34. The van der Waals surface area contributed by atoms with Gasteiger partial charge < -0.3 is 10.6 Å². The van der Waals surface area contributed by atoms with Crippen LogP contribution in [0.25, 0.3) is 0 Å². The zero-order valence-corrected chi connectivity index (χ0v) is 17.4. The van der Waals surface area contributed by atoms with Crippen molar-refractivity contribution in [3.05, 3.63) is 69.8 Å². The lowest BCUT2D eigenvalue weighted by atomic mass is 10.1. The number of rotatable bonds is 4. The van der Waals surface area contributed by atoms with Gasteiger partial charge in [-0.05, 0) is 50.2 Å². The van der Waals surface area contributed by atoms with Crippen molar-refractivity contribution < 1.29 is 22.8 Å². The summed E-state index contributed by atoms with van der Waals surface area (Å²) in [6, 6.07) is 7.80. The molecular formula is C20H17ClF3N5O2. The van der Waals surface area contributed by atoms with E-state index in [9.17, 15) is 22.8 Å². The Hall–Kier alpha value is -3.40. The second kappa shape index (κ2) is 8.38. The first kappa shape index (κ1) is 22.3. The summed E-state index contributed by atoms with van der Waals surface area (Å²) in [5.74, 6) is -1.14. The van der Waals surface area contributed by atoms with Crippen LogP contribution >= 0.6 is 11.6 Å². The van der Waals surface area contributed by atoms with Crippen molar-refractivity contribution in [3.8, 4) is 0 Å². The van der Waals surface area contributed by atoms with Crippen molar-refractivity contribution in [2.24, 2.45) is 7.05 Å². The fourth-order valence-electron chi connectivity index (χ4n) is 2.71. The number of benzene rings is 1. The van der Waals surface area contributed by atoms with Crippen LogP contribution in [-0.2, 0) is 13.2 Å². The largest absolute Gasteiger partial charge is 0.433 e. The molecule has 2 aromatic heterocycles. The Bertz CT molecular complexity index is 1150. The van der Waals surface area contributed by atoms with Crippen LogP contribution in [-0.4, -0.2) is 26.6 Å². The number of amides is 2. The zero-order valence-electron chi connectivity index (χ0n) is 16.6. The first-order valence-electron chi connectivity index (χ1n) is 8.93. The number of anilines is 2. The lowest BCUT2D eigenvalue weighted by Gasteiger charge is -2.12. The molecule has 0 radical (unpaired) electrons. The molecule has 3 aromatic rings. The first-order valence-corrected chi connectivity index (χ1v) is 9.31. The second-order valence-electron chi connectivity index (χ2n) is 6.72. The molecule has 0 aliphatic carbocycles. The Balaban J connectivity index is 1.78. The maximum atomic E-state index is 12.8. The van der Waals surface area contributed by atoms with Gasteiger partial charge in [-0.2, -0.15) is 18.3 Å². The van der Waals surface area contributed by atoms with Crippen molar-refractivity contribution in [2.75, 3.05) is 10.6 Å². The molecule has 31 heavy (non-hydrogen) atoms. The Kier molecular flexibility index (Phi) is 6.03. The van der Waals surface area contributed by atoms with Crippen molar-refractivity contribution >= 4 is 34.8 Å². The molecule has 0 bridgehead atoms. The topological polar surface area (TPSA) is 88.9 Å². The van der Waals surface area contributed by atoms with Gasteiger partial charge in [0.2, 0.25) is 0 Å². The smallest absolute Gasteiger partial charge is 0.322 e. The third kappa shape index (κ3) is 5.02. The highest BCUT2D eigenvalue weighted by Gasteiger charge is 2.33. The average Bonchev–Trinajstić information content (AvgIpc) is 3.02. The van der Waals surface area contributed by atoms with Gasteiger partial charge in [0.1, 0.15) is 5.69 Å². The second-order valence-corrected chi connectivity index (χ2v) is 7.13. The molecule has 0 fully saturated rings. The zero-order chi connectivity index (χ0) is 22.9. The van der Waals surface area contributed by atoms with Crippen molar-refractivity contribution in [2.45, 2.75) is 20.0 Å². The molecule has 11 heteroatoms. The molecule has 2 N–H and O–H groups in total. The van der Waals surface area contributed by atoms with Crippen LogP contribution in [0.15, 0.2) is 36.4 Å². The van der Waals surface area contributed by atoms with E-state index < -0.39 is 23.7 Å². The molecule has 162 valence electrons. The third-order valence-electron chi connectivity index (χ3n) is 4.44. The van der Waals surface area contributed by atoms with Gasteiger partial charge in [-0.15, -0.1) is 0 Å². The van der Waals surface area contributed by atoms with Gasteiger partial charge in [0, 0.05) is 18.4 Å². The van der Waals surface area contributed by atoms with Crippen LogP contribution in [0.3, 0.4) is 0 Å². The predicted octanol–water partition coefficient (Wildman–Crippen LogP) is 4.61. The standard InChI is InChI=1S/C20H17ClF3N5O2/c1-10-8-16(28-29(10)3)19(31)27-15-9-12(4-6-14(15)21)26-18(30)13-5-7-17(20(22,23)24)25-11(13)2/h4-9H,1-3H3,(H,26,30)(H,27,31). The van der Waals surface area contributed by atoms with E-state index in [0.717, 1.165) is 17.8 Å². The van der Waals surface area contributed by atoms with Gasteiger partial charge in [0.15, 0.2) is 5.69 Å². The normalized spacial score (nSPS) is 11.3. The van der Waals surface area contributed by atoms with Crippen LogP contribution in [0.4, 0.5) is 24.5 Å². The molecule has 0 saturated heterocycles. The van der Waals surface area contributed by atoms with E-state index in [2.05, 4.69) is 20.7 Å². The molecule has 0 aliphatic rings. The number of hydrogen-bond acceptors (Lipinski definition) is 4. The monoisotopic (exact) mass is 451 g/mol. The Morgan fingerprint density at radius 2 is 1.74 bits per heavy atom. The van der Waals surface area contributed by atoms with E-state index in [0.29, 0.717) is 0 Å². The number of hydrogen-bond donors (Lipinski definition) is 2. The molecular weight excluding hydrogens is 435 g/mol. The molecule has 7 nitrogen and oxygen atoms in total. The van der Waals surface area contributed by atoms with Crippen LogP contribution in [0.2, 0.25) is 5.02 Å². The van der Waals surface area contributed by atoms with Crippen LogP contribution < -0.4 is 10.6 Å². The number of pyridine rings is 1. The third-order valence-corrected chi connectivity index (χ3v) is 4.77. The van der Waals surface area contributed by atoms with E-state index in [4.69, 9.17) is 11.6 Å². The summed E-state index contributed by atoms with van der Waals surface area (Å²) < 4.78 is 39.8. The summed E-state index contributed by atoms with van der Waals surface area (Å²) in [5, 5.41) is 9.50. The lowest BCUT2D eigenvalue weighted by molar-refractivity contribution is -0.141. The summed E-state index contributed by atoms with van der Waals surface area (Å²) in [6.07, 6.45) is -4.60. The maximum Gasteiger partial charge on any atom is 0.433 e. The number of nitrogens with one attached hydrogen (secondary N) is 2. The molecule has 2 amide bonds. The average molecular weight is 452 g/mol. The minimum atomic E-state index is -4.60. The fourth-order valence-corrected chi connectivity index (χ4v) is 2.88. The van der Waals surface area contributed by atoms with Gasteiger partial charge in [-0.3, -0.25) is 14.3 Å². The van der Waals surface area contributed by atoms with Gasteiger partial charge in [-0.1, -0.05) is 11.6 Å². The van der Waals surface area contributed by atoms with Crippen molar-refractivity contribution in [1.29, 1.82) is 0 Å². The highest BCUT2D eigenvalue weighted by atomic mass is 35.5. The highest BCUT2D eigenvalue weighted by Crippen LogP contribution is 2.29. The van der Waals surface area contributed by atoms with Crippen LogP contribution in [0.1, 0.15) is 37.9 Å². The predicted molar refractivity (Wildman–Crippen MR) is 109 cm³/mol. The maximum absolute atomic E-state index is 12.8. The van der Waals surface area contributed by atoms with Crippen LogP contribution in [0.5, 0.6) is 0 Å². The van der Waals surface area contributed by atoms with Gasteiger partial charge in [-0.25, -0.2) is 4.98 Å². The molecule has 0 aliphatic heterocycles. The molecule has 0 saturated carbocycles. The first-order chi connectivity index (χ1) is 14.5. The number of carbonyl (C=O) groups is 2. The number of nitrogens with zero attached hydrogens (tertiary/aromatic N) is 3. The Morgan fingerprint density at radius 1 is 1.03 bits per heavy atom. The van der Waals surface area contributed by atoms with Gasteiger partial charge in [0.25, 0.3) is 11.8 Å². The Morgan fingerprint density at radius 3 is 2.32 bits per heavy atom. The van der Waals surface area contributed by atoms with E-state index in [1.807, 2.05) is 0 Å². The number of aromatic nitrogens is 3. The summed E-state index contributed by atoms with van der Waals surface area (Å²) in [6.45, 7) is 3.11. The van der Waals surface area contributed by atoms with E-state index in [1.165, 1.54) is 25.1 Å². The van der Waals surface area contributed by atoms with E-state index in [-0.39, 0.29) is 33.3 Å². The SMILES string of the molecule is Cc1nc(C(F)(F)F)ccc1C(=O)Nc1ccc(Cl)c(NC(=O)c2cc(C)n(C)n2)c1.